The Morgan fingerprint density at radius 1 is 1.04 bits per heavy atom. The molecule has 114 valence electrons. The van der Waals surface area contributed by atoms with Crippen LogP contribution in [0.3, 0.4) is 0 Å². The van der Waals surface area contributed by atoms with Crippen molar-refractivity contribution in [3.63, 3.8) is 0 Å². The van der Waals surface area contributed by atoms with Gasteiger partial charge in [0.05, 0.1) is 11.4 Å². The fourth-order valence-corrected chi connectivity index (χ4v) is 2.88. The monoisotopic (exact) mass is 303 g/mol. The van der Waals surface area contributed by atoms with Crippen LogP contribution in [-0.4, -0.2) is 26.2 Å². The quantitative estimate of drug-likeness (QED) is 0.630. The first-order valence-electron chi connectivity index (χ1n) is 7.54. The van der Waals surface area contributed by atoms with E-state index < -0.39 is 0 Å². The van der Waals surface area contributed by atoms with Crippen LogP contribution in [0.25, 0.3) is 22.6 Å². The highest BCUT2D eigenvalue weighted by atomic mass is 15.3. The maximum atomic E-state index is 4.83. The van der Waals surface area contributed by atoms with E-state index in [1.165, 1.54) is 0 Å². The number of para-hydroxylation sites is 1. The van der Waals surface area contributed by atoms with Crippen LogP contribution in [0.2, 0.25) is 0 Å². The zero-order chi connectivity index (χ0) is 15.8. The third-order valence-corrected chi connectivity index (χ3v) is 4.03. The van der Waals surface area contributed by atoms with E-state index >= 15 is 0 Å². The molecule has 0 aliphatic carbocycles. The Morgan fingerprint density at radius 2 is 1.87 bits per heavy atom. The highest BCUT2D eigenvalue weighted by molar-refractivity contribution is 5.72. The molecule has 3 aromatic heterocycles. The largest absolute Gasteiger partial charge is 0.373 e. The topological polar surface area (TPSA) is 47.1 Å². The predicted octanol–water partition coefficient (Wildman–Crippen LogP) is 3.54. The van der Waals surface area contributed by atoms with Crippen LogP contribution in [0.4, 0.5) is 5.82 Å². The first-order valence-corrected chi connectivity index (χ1v) is 7.54. The van der Waals surface area contributed by atoms with Crippen molar-refractivity contribution < 1.29 is 0 Å². The van der Waals surface area contributed by atoms with Crippen LogP contribution in [-0.2, 0) is 0 Å². The third-order valence-electron chi connectivity index (χ3n) is 4.03. The molecule has 0 saturated heterocycles. The van der Waals surface area contributed by atoms with Gasteiger partial charge in [0.15, 0.2) is 0 Å². The number of aromatic nitrogens is 4. The summed E-state index contributed by atoms with van der Waals surface area (Å²) in [5, 5.41) is 8.09. The Hall–Kier alpha value is -3.08. The van der Waals surface area contributed by atoms with Crippen LogP contribution < -0.4 is 5.32 Å². The normalized spacial score (nSPS) is 11.0. The molecule has 23 heavy (non-hydrogen) atoms. The highest BCUT2D eigenvalue weighted by Gasteiger charge is 2.16. The number of imidazole rings is 1. The number of anilines is 1. The van der Waals surface area contributed by atoms with E-state index in [1.54, 1.807) is 6.20 Å². The van der Waals surface area contributed by atoms with Gasteiger partial charge >= 0.3 is 0 Å². The zero-order valence-electron chi connectivity index (χ0n) is 13.1. The van der Waals surface area contributed by atoms with Gasteiger partial charge < -0.3 is 9.72 Å². The minimum atomic E-state index is 0.919. The lowest BCUT2D eigenvalue weighted by Crippen LogP contribution is -2.02. The van der Waals surface area contributed by atoms with Gasteiger partial charge in [0, 0.05) is 36.8 Å². The smallest absolute Gasteiger partial charge is 0.137 e. The second-order valence-electron chi connectivity index (χ2n) is 5.43. The van der Waals surface area contributed by atoms with E-state index in [9.17, 15) is 0 Å². The van der Waals surface area contributed by atoms with E-state index in [0.717, 1.165) is 34.0 Å². The fraction of sp³-hybridized carbons (Fsp3) is 0.111. The maximum Gasteiger partial charge on any atom is 0.137 e. The van der Waals surface area contributed by atoms with E-state index in [2.05, 4.69) is 41.5 Å². The molecule has 0 amide bonds. The number of benzene rings is 1. The number of nitrogens with one attached hydrogen (secondary N) is 1. The molecule has 0 atom stereocenters. The summed E-state index contributed by atoms with van der Waals surface area (Å²) in [6.07, 6.45) is 5.75. The molecular weight excluding hydrogens is 286 g/mol. The molecule has 4 rings (SSSR count). The number of pyridine rings is 1. The molecule has 1 aromatic carbocycles. The van der Waals surface area contributed by atoms with Crippen LogP contribution in [0, 0.1) is 6.92 Å². The number of nitrogens with zero attached hydrogens (tertiary/aromatic N) is 4. The highest BCUT2D eigenvalue weighted by Crippen LogP contribution is 2.30. The maximum absolute atomic E-state index is 4.83. The van der Waals surface area contributed by atoms with Crippen molar-refractivity contribution in [2.75, 3.05) is 12.4 Å². The summed E-state index contributed by atoms with van der Waals surface area (Å²) in [5.41, 5.74) is 5.10. The van der Waals surface area contributed by atoms with Gasteiger partial charge in [-0.25, -0.2) is 9.67 Å². The van der Waals surface area contributed by atoms with Crippen molar-refractivity contribution in [2.24, 2.45) is 0 Å². The summed E-state index contributed by atoms with van der Waals surface area (Å²) in [6, 6.07) is 14.3. The fourth-order valence-electron chi connectivity index (χ4n) is 2.88. The molecule has 5 nitrogen and oxygen atoms in total. The average Bonchev–Trinajstić information content (AvgIpc) is 3.18. The molecule has 0 unspecified atom stereocenters. The van der Waals surface area contributed by atoms with Crippen molar-refractivity contribution in [3.8, 4) is 16.9 Å². The molecule has 1 N–H and O–H groups in total. The molecule has 0 spiro atoms. The Kier molecular flexibility index (Phi) is 3.12. The predicted molar refractivity (Wildman–Crippen MR) is 92.0 cm³/mol. The van der Waals surface area contributed by atoms with Gasteiger partial charge in [-0.3, -0.25) is 0 Å². The lowest BCUT2D eigenvalue weighted by Gasteiger charge is -2.06. The summed E-state index contributed by atoms with van der Waals surface area (Å²) in [7, 11) is 1.92. The van der Waals surface area contributed by atoms with E-state index in [1.807, 2.05) is 46.7 Å². The van der Waals surface area contributed by atoms with Crippen molar-refractivity contribution in [1.82, 2.24) is 19.2 Å². The molecule has 0 saturated carbocycles. The standard InChI is InChI=1S/C18H17N5/c1-13-17(14-8-10-22-11-9-20-16(22)12-14)21-23(18(13)19-2)15-6-4-3-5-7-15/h3-12,19H,1-2H3. The Bertz CT molecular complexity index is 966. The van der Waals surface area contributed by atoms with Gasteiger partial charge in [-0.2, -0.15) is 5.10 Å². The second kappa shape index (κ2) is 5.28. The SMILES string of the molecule is CNc1c(C)c(-c2ccn3ccnc3c2)nn1-c1ccccc1. The second-order valence-corrected chi connectivity index (χ2v) is 5.43. The van der Waals surface area contributed by atoms with Crippen LogP contribution in [0.1, 0.15) is 5.56 Å². The van der Waals surface area contributed by atoms with Crippen LogP contribution in [0.15, 0.2) is 61.1 Å². The van der Waals surface area contributed by atoms with Crippen molar-refractivity contribution >= 4 is 11.5 Å². The molecule has 0 fully saturated rings. The molecule has 0 bridgehead atoms. The number of hydrogen-bond donors (Lipinski definition) is 1. The Morgan fingerprint density at radius 3 is 2.65 bits per heavy atom. The van der Waals surface area contributed by atoms with Crippen molar-refractivity contribution in [1.29, 1.82) is 0 Å². The molecule has 4 aromatic rings. The zero-order valence-corrected chi connectivity index (χ0v) is 13.1. The minimum absolute atomic E-state index is 0.919. The molecule has 3 heterocycles. The van der Waals surface area contributed by atoms with Gasteiger partial charge in [-0.15, -0.1) is 0 Å². The van der Waals surface area contributed by atoms with Gasteiger partial charge in [0.1, 0.15) is 11.5 Å². The average molecular weight is 303 g/mol. The van der Waals surface area contributed by atoms with Crippen LogP contribution >= 0.6 is 0 Å². The molecule has 0 aliphatic rings. The first-order chi connectivity index (χ1) is 11.3. The van der Waals surface area contributed by atoms with Gasteiger partial charge in [0.25, 0.3) is 0 Å². The summed E-state index contributed by atoms with van der Waals surface area (Å²) in [6.45, 7) is 2.09. The molecule has 0 radical (unpaired) electrons. The lowest BCUT2D eigenvalue weighted by molar-refractivity contribution is 0.888. The van der Waals surface area contributed by atoms with Gasteiger partial charge in [-0.1, -0.05) is 18.2 Å². The van der Waals surface area contributed by atoms with Crippen LogP contribution in [0.5, 0.6) is 0 Å². The first kappa shape index (κ1) is 13.6. The summed E-state index contributed by atoms with van der Waals surface area (Å²) < 4.78 is 3.94. The number of fused-ring (bicyclic) bond motifs is 1. The van der Waals surface area contributed by atoms with E-state index in [-0.39, 0.29) is 0 Å². The Balaban J connectivity index is 1.90. The molecular formula is C18H17N5. The summed E-state index contributed by atoms with van der Waals surface area (Å²) >= 11 is 0. The minimum Gasteiger partial charge on any atom is -0.373 e. The van der Waals surface area contributed by atoms with Gasteiger partial charge in [0.2, 0.25) is 0 Å². The molecule has 5 heteroatoms. The van der Waals surface area contributed by atoms with Gasteiger partial charge in [-0.05, 0) is 31.2 Å². The lowest BCUT2D eigenvalue weighted by atomic mass is 10.1. The third kappa shape index (κ3) is 2.17. The van der Waals surface area contributed by atoms with E-state index in [4.69, 9.17) is 5.10 Å². The molecule has 0 aliphatic heterocycles. The van der Waals surface area contributed by atoms with Crippen molar-refractivity contribution in [2.45, 2.75) is 6.92 Å². The van der Waals surface area contributed by atoms with Crippen molar-refractivity contribution in [3.05, 3.63) is 66.6 Å². The number of rotatable bonds is 3. The summed E-state index contributed by atoms with van der Waals surface area (Å²) in [4.78, 5) is 4.35. The number of hydrogen-bond acceptors (Lipinski definition) is 3. The Labute approximate surface area is 134 Å². The summed E-state index contributed by atoms with van der Waals surface area (Å²) in [5.74, 6) is 0.995. The van der Waals surface area contributed by atoms with E-state index in [0.29, 0.717) is 0 Å².